The smallest absolute Gasteiger partial charge is 0.326 e. The molecule has 2 heterocycles. The fraction of sp³-hybridized carbons (Fsp3) is 0.182. The van der Waals surface area contributed by atoms with Gasteiger partial charge < -0.3 is 10.6 Å². The molecule has 4 N–H and O–H groups in total. The molecule has 1 aliphatic heterocycles. The Kier molecular flexibility index (Phi) is 6.08. The molecular weight excluding hydrogens is 519 g/mol. The van der Waals surface area contributed by atoms with Crippen molar-refractivity contribution >= 4 is 33.3 Å². The summed E-state index contributed by atoms with van der Waals surface area (Å²) in [5, 5.41) is 4.24. The number of hydrogen-bond donors (Lipinski definition) is 4. The summed E-state index contributed by atoms with van der Waals surface area (Å²) in [4.78, 5) is 50.4. The molecule has 2 amide bonds. The van der Waals surface area contributed by atoms with Crippen LogP contribution in [0.5, 0.6) is 0 Å². The highest BCUT2D eigenvalue weighted by molar-refractivity contribution is 7.89. The lowest BCUT2D eigenvalue weighted by atomic mass is 9.93. The van der Waals surface area contributed by atoms with Crippen molar-refractivity contribution in [3.05, 3.63) is 80.5 Å². The zero-order valence-electron chi connectivity index (χ0n) is 19.1. The molecule has 0 bridgehead atoms. The Labute approximate surface area is 206 Å². The third-order valence-electron chi connectivity index (χ3n) is 5.55. The predicted octanol–water partition coefficient (Wildman–Crippen LogP) is 1.48. The number of hydrogen-bond acceptors (Lipinski definition) is 6. The molecule has 0 fully saturated rings. The van der Waals surface area contributed by atoms with E-state index in [1.54, 1.807) is 24.0 Å². The van der Waals surface area contributed by atoms with Gasteiger partial charge in [-0.15, -0.1) is 0 Å². The molecule has 0 saturated carbocycles. The summed E-state index contributed by atoms with van der Waals surface area (Å²) >= 11 is 0. The zero-order valence-corrected chi connectivity index (χ0v) is 19.9. The molecule has 1 atom stereocenters. The topological polar surface area (TPSA) is 159 Å². The maximum Gasteiger partial charge on any atom is 0.421 e. The quantitative estimate of drug-likeness (QED) is 0.386. The number of rotatable bonds is 5. The van der Waals surface area contributed by atoms with Gasteiger partial charge in [0.15, 0.2) is 0 Å². The van der Waals surface area contributed by atoms with E-state index in [0.717, 1.165) is 29.8 Å². The first-order valence-electron chi connectivity index (χ1n) is 10.4. The molecule has 37 heavy (non-hydrogen) atoms. The van der Waals surface area contributed by atoms with E-state index < -0.39 is 61.1 Å². The Morgan fingerprint density at radius 2 is 1.59 bits per heavy atom. The van der Waals surface area contributed by atoms with Crippen molar-refractivity contribution in [1.82, 2.24) is 14.3 Å². The van der Waals surface area contributed by atoms with Crippen LogP contribution in [0, 0.1) is 6.92 Å². The average Bonchev–Trinajstić information content (AvgIpc) is 3.07. The van der Waals surface area contributed by atoms with Crippen LogP contribution in [0.4, 0.5) is 24.7 Å². The van der Waals surface area contributed by atoms with Crippen LogP contribution in [-0.2, 0) is 25.2 Å². The highest BCUT2D eigenvalue weighted by Gasteiger charge is 2.69. The van der Waals surface area contributed by atoms with E-state index in [2.05, 4.69) is 5.32 Å². The van der Waals surface area contributed by atoms with Crippen LogP contribution < -0.4 is 26.6 Å². The number of aromatic nitrogens is 2. The van der Waals surface area contributed by atoms with Crippen LogP contribution >= 0.6 is 0 Å². The van der Waals surface area contributed by atoms with Crippen LogP contribution in [0.25, 0.3) is 5.69 Å². The van der Waals surface area contributed by atoms with Gasteiger partial charge in [-0.3, -0.25) is 19.4 Å². The van der Waals surface area contributed by atoms with Crippen molar-refractivity contribution in [1.29, 1.82) is 0 Å². The zero-order chi connectivity index (χ0) is 27.3. The van der Waals surface area contributed by atoms with Gasteiger partial charge in [0, 0.05) is 12.6 Å². The van der Waals surface area contributed by atoms with Gasteiger partial charge >= 0.3 is 11.9 Å². The van der Waals surface area contributed by atoms with Crippen molar-refractivity contribution < 1.29 is 31.2 Å². The van der Waals surface area contributed by atoms with Crippen molar-refractivity contribution in [3.63, 3.8) is 0 Å². The number of halogens is 3. The van der Waals surface area contributed by atoms with E-state index >= 15 is 0 Å². The lowest BCUT2D eigenvalue weighted by Crippen LogP contribution is -2.61. The number of fused-ring (bicyclic) bond motifs is 1. The second-order valence-electron chi connectivity index (χ2n) is 8.17. The highest BCUT2D eigenvalue weighted by Crippen LogP contribution is 2.46. The second kappa shape index (κ2) is 8.70. The van der Waals surface area contributed by atoms with Gasteiger partial charge in [-0.1, -0.05) is 17.7 Å². The molecule has 194 valence electrons. The number of nitrogens with one attached hydrogen (secondary N) is 4. The number of alkyl halides is 3. The first-order chi connectivity index (χ1) is 17.2. The van der Waals surface area contributed by atoms with Crippen molar-refractivity contribution in [2.45, 2.75) is 30.5 Å². The van der Waals surface area contributed by atoms with Crippen LogP contribution in [0.1, 0.15) is 18.1 Å². The summed E-state index contributed by atoms with van der Waals surface area (Å²) in [6, 6.07) is 9.89. The van der Waals surface area contributed by atoms with Crippen molar-refractivity contribution in [3.8, 4) is 5.69 Å². The fourth-order valence-corrected chi connectivity index (χ4v) is 5.19. The normalized spacial score (nSPS) is 17.3. The minimum absolute atomic E-state index is 0.0118. The Bertz CT molecular complexity index is 1640. The van der Waals surface area contributed by atoms with Gasteiger partial charge in [-0.25, -0.2) is 17.8 Å². The molecule has 0 radical (unpaired) electrons. The minimum Gasteiger partial charge on any atom is -0.326 e. The first-order valence-corrected chi connectivity index (χ1v) is 11.9. The molecule has 1 aliphatic rings. The van der Waals surface area contributed by atoms with E-state index in [9.17, 15) is 40.8 Å². The van der Waals surface area contributed by atoms with Crippen molar-refractivity contribution in [2.75, 3.05) is 10.6 Å². The van der Waals surface area contributed by atoms with Gasteiger partial charge in [0.2, 0.25) is 21.5 Å². The number of carbonyl (C=O) groups excluding carboxylic acids is 2. The van der Waals surface area contributed by atoms with E-state index in [1.165, 1.54) is 23.8 Å². The monoisotopic (exact) mass is 537 g/mol. The van der Waals surface area contributed by atoms with E-state index in [0.29, 0.717) is 4.57 Å². The summed E-state index contributed by atoms with van der Waals surface area (Å²) in [7, 11) is -5.10. The van der Waals surface area contributed by atoms with E-state index in [-0.39, 0.29) is 11.4 Å². The summed E-state index contributed by atoms with van der Waals surface area (Å²) in [6.45, 7) is 2.92. The SMILES string of the molecule is CC(=O)Nc1ccc(S(=O)(=O)N[C@@]2(C(F)(F)F)C(=O)Nc3c2c(=O)[nH]c(=O)n3-c2ccc(C)cc2)cc1. The molecule has 2 aromatic carbocycles. The van der Waals surface area contributed by atoms with E-state index in [1.807, 2.05) is 5.32 Å². The van der Waals surface area contributed by atoms with Crippen LogP contribution in [-0.4, -0.2) is 36.0 Å². The first kappa shape index (κ1) is 25.8. The Morgan fingerprint density at radius 1 is 1.00 bits per heavy atom. The number of H-pyrrole nitrogens is 1. The largest absolute Gasteiger partial charge is 0.421 e. The lowest BCUT2D eigenvalue weighted by Gasteiger charge is -2.29. The van der Waals surface area contributed by atoms with Gasteiger partial charge in [0.05, 0.1) is 16.1 Å². The van der Waals surface area contributed by atoms with Crippen molar-refractivity contribution in [2.24, 2.45) is 0 Å². The van der Waals surface area contributed by atoms with Gasteiger partial charge in [-0.05, 0) is 43.3 Å². The van der Waals surface area contributed by atoms with Crippen LogP contribution in [0.3, 0.4) is 0 Å². The molecular formula is C22H18F3N5O6S. The molecule has 15 heteroatoms. The van der Waals surface area contributed by atoms with Crippen LogP contribution in [0.15, 0.2) is 63.0 Å². The number of anilines is 2. The average molecular weight is 537 g/mol. The predicted molar refractivity (Wildman–Crippen MR) is 125 cm³/mol. The summed E-state index contributed by atoms with van der Waals surface area (Å²) < 4.78 is 71.8. The third-order valence-corrected chi connectivity index (χ3v) is 7.02. The third kappa shape index (κ3) is 4.31. The van der Waals surface area contributed by atoms with Gasteiger partial charge in [0.25, 0.3) is 11.5 Å². The Balaban J connectivity index is 1.92. The summed E-state index contributed by atoms with van der Waals surface area (Å²) in [6.07, 6.45) is -5.66. The number of nitrogens with zero attached hydrogens (tertiary/aromatic N) is 1. The molecule has 0 spiro atoms. The minimum atomic E-state index is -5.66. The highest BCUT2D eigenvalue weighted by atomic mass is 32.2. The molecule has 0 unspecified atom stereocenters. The van der Waals surface area contributed by atoms with Gasteiger partial charge in [-0.2, -0.15) is 17.9 Å². The maximum absolute atomic E-state index is 14.6. The second-order valence-corrected chi connectivity index (χ2v) is 9.85. The number of carbonyl (C=O) groups is 2. The lowest BCUT2D eigenvalue weighted by molar-refractivity contribution is -0.194. The Hall–Kier alpha value is -4.24. The molecule has 0 saturated heterocycles. The fourth-order valence-electron chi connectivity index (χ4n) is 3.86. The number of benzene rings is 2. The molecule has 4 rings (SSSR count). The molecule has 1 aromatic heterocycles. The summed E-state index contributed by atoms with van der Waals surface area (Å²) in [5.41, 5.74) is -7.24. The van der Waals surface area contributed by atoms with E-state index in [4.69, 9.17) is 0 Å². The van der Waals surface area contributed by atoms with Crippen LogP contribution in [0.2, 0.25) is 0 Å². The number of aryl methyl sites for hydroxylation is 1. The maximum atomic E-state index is 14.6. The number of amides is 2. The Morgan fingerprint density at radius 3 is 2.14 bits per heavy atom. The molecule has 3 aromatic rings. The molecule has 0 aliphatic carbocycles. The summed E-state index contributed by atoms with van der Waals surface area (Å²) in [5.74, 6) is -3.23. The number of aromatic amines is 1. The standard InChI is InChI=1S/C22H18F3N5O6S/c1-11-3-7-14(8-4-11)30-17-16(18(32)28-20(30)34)21(19(33)27-17,22(23,24)25)29-37(35,36)15-9-5-13(6-10-15)26-12(2)31/h3-10,29H,1-2H3,(H,26,31)(H,27,33)(H,28,32,34)/t21-/m1/s1. The molecule has 11 nitrogen and oxygen atoms in total. The number of sulfonamides is 1. The van der Waals surface area contributed by atoms with Gasteiger partial charge in [0.1, 0.15) is 5.82 Å².